The SMILES string of the molecule is CC.CC.CC.CNC(=O)NCc1ccccc1. The van der Waals surface area contributed by atoms with Crippen molar-refractivity contribution in [1.82, 2.24) is 10.6 Å². The molecular formula is C15H30N2O. The van der Waals surface area contributed by atoms with Gasteiger partial charge in [0.2, 0.25) is 0 Å². The summed E-state index contributed by atoms with van der Waals surface area (Å²) in [4.78, 5) is 10.8. The van der Waals surface area contributed by atoms with Gasteiger partial charge < -0.3 is 10.6 Å². The first-order valence-corrected chi connectivity index (χ1v) is 6.82. The molecule has 0 saturated heterocycles. The Bertz CT molecular complexity index is 248. The lowest BCUT2D eigenvalue weighted by molar-refractivity contribution is 0.242. The largest absolute Gasteiger partial charge is 0.341 e. The Morgan fingerprint density at radius 1 is 0.944 bits per heavy atom. The maximum atomic E-state index is 10.8. The first kappa shape index (κ1) is 21.7. The molecule has 18 heavy (non-hydrogen) atoms. The van der Waals surface area contributed by atoms with Crippen LogP contribution in [0.4, 0.5) is 4.79 Å². The number of carbonyl (C=O) groups is 1. The van der Waals surface area contributed by atoms with Crippen LogP contribution in [0.5, 0.6) is 0 Å². The zero-order valence-corrected chi connectivity index (χ0v) is 13.0. The average Bonchev–Trinajstić information content (AvgIpc) is 2.52. The molecule has 3 nitrogen and oxygen atoms in total. The molecule has 0 saturated carbocycles. The van der Waals surface area contributed by atoms with Crippen molar-refractivity contribution in [3.8, 4) is 0 Å². The van der Waals surface area contributed by atoms with Crippen LogP contribution >= 0.6 is 0 Å². The number of hydrogen-bond donors (Lipinski definition) is 2. The molecule has 0 spiro atoms. The fourth-order valence-electron chi connectivity index (χ4n) is 0.867. The van der Waals surface area contributed by atoms with Gasteiger partial charge in [-0.1, -0.05) is 71.9 Å². The topological polar surface area (TPSA) is 41.1 Å². The summed E-state index contributed by atoms with van der Waals surface area (Å²) in [5, 5.41) is 5.18. The van der Waals surface area contributed by atoms with Crippen molar-refractivity contribution in [3.63, 3.8) is 0 Å². The van der Waals surface area contributed by atoms with E-state index >= 15 is 0 Å². The van der Waals surface area contributed by atoms with Crippen molar-refractivity contribution in [3.05, 3.63) is 35.9 Å². The normalized spacial score (nSPS) is 7.06. The van der Waals surface area contributed by atoms with Gasteiger partial charge in [0.15, 0.2) is 0 Å². The summed E-state index contributed by atoms with van der Waals surface area (Å²) >= 11 is 0. The Kier molecular flexibility index (Phi) is 25.2. The smallest absolute Gasteiger partial charge is 0.314 e. The zero-order chi connectivity index (χ0) is 14.8. The molecule has 2 amide bonds. The molecule has 0 fully saturated rings. The summed E-state index contributed by atoms with van der Waals surface area (Å²) in [7, 11) is 1.60. The number of nitrogens with one attached hydrogen (secondary N) is 2. The summed E-state index contributed by atoms with van der Waals surface area (Å²) < 4.78 is 0. The van der Waals surface area contributed by atoms with E-state index in [2.05, 4.69) is 10.6 Å². The van der Waals surface area contributed by atoms with E-state index in [4.69, 9.17) is 0 Å². The minimum atomic E-state index is -0.154. The van der Waals surface area contributed by atoms with E-state index in [0.29, 0.717) is 6.54 Å². The van der Waals surface area contributed by atoms with Crippen LogP contribution in [0, 0.1) is 0 Å². The van der Waals surface area contributed by atoms with E-state index in [-0.39, 0.29) is 6.03 Å². The van der Waals surface area contributed by atoms with Crippen LogP contribution in [0.15, 0.2) is 30.3 Å². The van der Waals surface area contributed by atoms with Crippen LogP contribution in [0.25, 0.3) is 0 Å². The molecule has 0 radical (unpaired) electrons. The molecular weight excluding hydrogens is 224 g/mol. The number of benzene rings is 1. The maximum absolute atomic E-state index is 10.8. The summed E-state index contributed by atoms with van der Waals surface area (Å²) in [6.45, 7) is 12.6. The van der Waals surface area contributed by atoms with Crippen molar-refractivity contribution in [2.24, 2.45) is 0 Å². The lowest BCUT2D eigenvalue weighted by Crippen LogP contribution is -2.32. The van der Waals surface area contributed by atoms with E-state index in [1.165, 1.54) is 0 Å². The minimum Gasteiger partial charge on any atom is -0.341 e. The maximum Gasteiger partial charge on any atom is 0.314 e. The lowest BCUT2D eigenvalue weighted by Gasteiger charge is -2.03. The van der Waals surface area contributed by atoms with Crippen molar-refractivity contribution in [2.45, 2.75) is 48.1 Å². The van der Waals surface area contributed by atoms with Crippen LogP contribution in [0.2, 0.25) is 0 Å². The third-order valence-corrected chi connectivity index (χ3v) is 1.52. The van der Waals surface area contributed by atoms with Gasteiger partial charge in [-0.2, -0.15) is 0 Å². The Labute approximate surface area is 113 Å². The van der Waals surface area contributed by atoms with E-state index in [0.717, 1.165) is 5.56 Å². The highest BCUT2D eigenvalue weighted by atomic mass is 16.2. The molecule has 0 aliphatic heterocycles. The third kappa shape index (κ3) is 14.5. The molecule has 0 heterocycles. The first-order valence-electron chi connectivity index (χ1n) is 6.82. The second kappa shape index (κ2) is 20.8. The minimum absolute atomic E-state index is 0.154. The molecule has 1 rings (SSSR count). The van der Waals surface area contributed by atoms with E-state index < -0.39 is 0 Å². The second-order valence-electron chi connectivity index (χ2n) is 2.42. The van der Waals surface area contributed by atoms with Gasteiger partial charge in [0, 0.05) is 13.6 Å². The number of carbonyl (C=O) groups excluding carboxylic acids is 1. The van der Waals surface area contributed by atoms with Crippen molar-refractivity contribution < 1.29 is 4.79 Å². The lowest BCUT2D eigenvalue weighted by atomic mass is 10.2. The molecule has 0 bridgehead atoms. The van der Waals surface area contributed by atoms with Crippen LogP contribution in [0.3, 0.4) is 0 Å². The Hall–Kier alpha value is -1.51. The van der Waals surface area contributed by atoms with Gasteiger partial charge in [-0.3, -0.25) is 0 Å². The summed E-state index contributed by atoms with van der Waals surface area (Å²) in [5.41, 5.74) is 1.10. The average molecular weight is 254 g/mol. The molecule has 0 unspecified atom stereocenters. The number of rotatable bonds is 2. The van der Waals surface area contributed by atoms with Gasteiger partial charge in [0.25, 0.3) is 0 Å². The predicted octanol–water partition coefficient (Wildman–Crippen LogP) is 4.19. The molecule has 0 atom stereocenters. The summed E-state index contributed by atoms with van der Waals surface area (Å²) in [5.74, 6) is 0. The molecule has 0 aromatic heterocycles. The summed E-state index contributed by atoms with van der Waals surface area (Å²) in [6.07, 6.45) is 0. The van der Waals surface area contributed by atoms with E-state index in [9.17, 15) is 4.79 Å². The molecule has 106 valence electrons. The second-order valence-corrected chi connectivity index (χ2v) is 2.42. The highest BCUT2D eigenvalue weighted by Crippen LogP contribution is 1.96. The Balaban J connectivity index is -0.000000328. The fourth-order valence-corrected chi connectivity index (χ4v) is 0.867. The molecule has 2 N–H and O–H groups in total. The predicted molar refractivity (Wildman–Crippen MR) is 81.8 cm³/mol. The highest BCUT2D eigenvalue weighted by molar-refractivity contribution is 5.73. The molecule has 1 aromatic carbocycles. The standard InChI is InChI=1S/C9H12N2O.3C2H6/c1-10-9(12)11-7-8-5-3-2-4-6-8;3*1-2/h2-6H,7H2,1H3,(H2,10,11,12);3*1-2H3. The van der Waals surface area contributed by atoms with Gasteiger partial charge in [0.05, 0.1) is 0 Å². The van der Waals surface area contributed by atoms with Crippen LogP contribution in [0.1, 0.15) is 47.1 Å². The fraction of sp³-hybridized carbons (Fsp3) is 0.533. The third-order valence-electron chi connectivity index (χ3n) is 1.52. The van der Waals surface area contributed by atoms with Crippen LogP contribution < -0.4 is 10.6 Å². The van der Waals surface area contributed by atoms with E-state index in [1.54, 1.807) is 7.05 Å². The Morgan fingerprint density at radius 2 is 1.39 bits per heavy atom. The molecule has 0 aliphatic carbocycles. The zero-order valence-electron chi connectivity index (χ0n) is 13.0. The van der Waals surface area contributed by atoms with Crippen LogP contribution in [-0.4, -0.2) is 13.1 Å². The van der Waals surface area contributed by atoms with Gasteiger partial charge in [-0.25, -0.2) is 4.79 Å². The van der Waals surface area contributed by atoms with Crippen molar-refractivity contribution in [1.29, 1.82) is 0 Å². The quantitative estimate of drug-likeness (QED) is 0.816. The number of hydrogen-bond acceptors (Lipinski definition) is 1. The van der Waals surface area contributed by atoms with E-state index in [1.807, 2.05) is 71.9 Å². The molecule has 1 aromatic rings. The van der Waals surface area contributed by atoms with Crippen molar-refractivity contribution >= 4 is 6.03 Å². The molecule has 3 heteroatoms. The number of amides is 2. The van der Waals surface area contributed by atoms with Crippen molar-refractivity contribution in [2.75, 3.05) is 7.05 Å². The monoisotopic (exact) mass is 254 g/mol. The van der Waals surface area contributed by atoms with Gasteiger partial charge >= 0.3 is 6.03 Å². The molecule has 0 aliphatic rings. The number of urea groups is 1. The van der Waals surface area contributed by atoms with Gasteiger partial charge in [0.1, 0.15) is 0 Å². The Morgan fingerprint density at radius 3 is 1.78 bits per heavy atom. The van der Waals surface area contributed by atoms with Gasteiger partial charge in [-0.15, -0.1) is 0 Å². The van der Waals surface area contributed by atoms with Crippen LogP contribution in [-0.2, 0) is 6.54 Å². The first-order chi connectivity index (χ1) is 8.83. The summed E-state index contributed by atoms with van der Waals surface area (Å²) in [6, 6.07) is 9.62. The van der Waals surface area contributed by atoms with Gasteiger partial charge in [-0.05, 0) is 5.56 Å². The highest BCUT2D eigenvalue weighted by Gasteiger charge is 1.94.